The first-order chi connectivity index (χ1) is 10.6. The Bertz CT molecular complexity index is 613. The maximum absolute atomic E-state index is 11.7. The Morgan fingerprint density at radius 3 is 2.59 bits per heavy atom. The SMILES string of the molecule is Cc1cc(N)ccc1NCCCNC(=O)Nc1ccccc1. The molecule has 0 aromatic heterocycles. The van der Waals surface area contributed by atoms with Crippen molar-refractivity contribution in [1.29, 1.82) is 0 Å². The van der Waals surface area contributed by atoms with Crippen LogP contribution in [-0.4, -0.2) is 19.1 Å². The zero-order valence-electron chi connectivity index (χ0n) is 12.7. The summed E-state index contributed by atoms with van der Waals surface area (Å²) < 4.78 is 0. The van der Waals surface area contributed by atoms with Gasteiger partial charge in [-0.2, -0.15) is 0 Å². The lowest BCUT2D eigenvalue weighted by Gasteiger charge is -2.11. The third-order valence-electron chi connectivity index (χ3n) is 3.24. The van der Waals surface area contributed by atoms with Gasteiger partial charge in [0, 0.05) is 30.2 Å². The number of nitrogens with two attached hydrogens (primary N) is 1. The van der Waals surface area contributed by atoms with Gasteiger partial charge in [0.1, 0.15) is 0 Å². The topological polar surface area (TPSA) is 79.2 Å². The monoisotopic (exact) mass is 298 g/mol. The van der Waals surface area contributed by atoms with Crippen LogP contribution in [0.3, 0.4) is 0 Å². The van der Waals surface area contributed by atoms with Crippen molar-refractivity contribution in [3.8, 4) is 0 Å². The number of anilines is 3. The van der Waals surface area contributed by atoms with E-state index in [1.165, 1.54) is 0 Å². The first-order valence-corrected chi connectivity index (χ1v) is 7.35. The van der Waals surface area contributed by atoms with Gasteiger partial charge in [0.25, 0.3) is 0 Å². The number of amides is 2. The minimum absolute atomic E-state index is 0.185. The second kappa shape index (κ2) is 7.93. The van der Waals surface area contributed by atoms with Crippen LogP contribution in [0.2, 0.25) is 0 Å². The van der Waals surface area contributed by atoms with Crippen molar-refractivity contribution in [2.45, 2.75) is 13.3 Å². The summed E-state index contributed by atoms with van der Waals surface area (Å²) in [4.78, 5) is 11.7. The van der Waals surface area contributed by atoms with Crippen molar-refractivity contribution in [3.05, 3.63) is 54.1 Å². The average molecular weight is 298 g/mol. The Balaban J connectivity index is 1.64. The number of urea groups is 1. The molecule has 22 heavy (non-hydrogen) atoms. The molecule has 5 nitrogen and oxygen atoms in total. The highest BCUT2D eigenvalue weighted by Gasteiger charge is 2.01. The summed E-state index contributed by atoms with van der Waals surface area (Å²) in [5.41, 5.74) is 9.46. The minimum atomic E-state index is -0.185. The van der Waals surface area contributed by atoms with Crippen molar-refractivity contribution >= 4 is 23.1 Å². The van der Waals surface area contributed by atoms with E-state index in [0.29, 0.717) is 6.54 Å². The van der Waals surface area contributed by atoms with E-state index >= 15 is 0 Å². The fourth-order valence-electron chi connectivity index (χ4n) is 2.10. The van der Waals surface area contributed by atoms with E-state index in [2.05, 4.69) is 16.0 Å². The van der Waals surface area contributed by atoms with Crippen molar-refractivity contribution in [1.82, 2.24) is 5.32 Å². The molecule has 0 saturated carbocycles. The Morgan fingerprint density at radius 2 is 1.86 bits per heavy atom. The van der Waals surface area contributed by atoms with Gasteiger partial charge in [-0.25, -0.2) is 4.79 Å². The van der Waals surface area contributed by atoms with Gasteiger partial charge in [-0.1, -0.05) is 18.2 Å². The predicted octanol–water partition coefficient (Wildman–Crippen LogP) is 3.20. The van der Waals surface area contributed by atoms with Crippen LogP contribution in [-0.2, 0) is 0 Å². The number of benzene rings is 2. The van der Waals surface area contributed by atoms with Gasteiger partial charge in [0.05, 0.1) is 0 Å². The molecule has 0 bridgehead atoms. The third kappa shape index (κ3) is 5.01. The molecule has 0 aliphatic heterocycles. The van der Waals surface area contributed by atoms with Crippen molar-refractivity contribution in [2.75, 3.05) is 29.5 Å². The summed E-state index contributed by atoms with van der Waals surface area (Å²) in [6.45, 7) is 3.42. The average Bonchev–Trinajstić information content (AvgIpc) is 2.50. The van der Waals surface area contributed by atoms with Crippen molar-refractivity contribution < 1.29 is 4.79 Å². The Morgan fingerprint density at radius 1 is 1.09 bits per heavy atom. The fraction of sp³-hybridized carbons (Fsp3) is 0.235. The zero-order chi connectivity index (χ0) is 15.8. The second-order valence-electron chi connectivity index (χ2n) is 5.10. The molecule has 5 N–H and O–H groups in total. The Labute approximate surface area is 130 Å². The van der Waals surface area contributed by atoms with Gasteiger partial charge in [0.2, 0.25) is 0 Å². The first kappa shape index (κ1) is 15.7. The van der Waals surface area contributed by atoms with Gasteiger partial charge in [0.15, 0.2) is 0 Å². The molecule has 0 radical (unpaired) electrons. The second-order valence-corrected chi connectivity index (χ2v) is 5.10. The number of hydrogen-bond acceptors (Lipinski definition) is 3. The summed E-state index contributed by atoms with van der Waals surface area (Å²) in [7, 11) is 0. The van der Waals surface area contributed by atoms with Gasteiger partial charge >= 0.3 is 6.03 Å². The maximum Gasteiger partial charge on any atom is 0.319 e. The lowest BCUT2D eigenvalue weighted by molar-refractivity contribution is 0.252. The van der Waals surface area contributed by atoms with Gasteiger partial charge < -0.3 is 21.7 Å². The normalized spacial score (nSPS) is 10.0. The van der Waals surface area contributed by atoms with Crippen LogP contribution in [0.5, 0.6) is 0 Å². The number of carbonyl (C=O) groups is 1. The zero-order valence-corrected chi connectivity index (χ0v) is 12.7. The number of nitrogens with one attached hydrogen (secondary N) is 3. The van der Waals surface area contributed by atoms with E-state index < -0.39 is 0 Å². The minimum Gasteiger partial charge on any atom is -0.399 e. The summed E-state index contributed by atoms with van der Waals surface area (Å²) >= 11 is 0. The molecular formula is C17H22N4O. The van der Waals surface area contributed by atoms with Crippen LogP contribution < -0.4 is 21.7 Å². The summed E-state index contributed by atoms with van der Waals surface area (Å²) in [5.74, 6) is 0. The molecule has 116 valence electrons. The van der Waals surface area contributed by atoms with E-state index in [1.54, 1.807) is 0 Å². The van der Waals surface area contributed by atoms with Crippen molar-refractivity contribution in [2.24, 2.45) is 0 Å². The standard InChI is InChI=1S/C17H22N4O/c1-13-12-14(18)8-9-16(13)19-10-5-11-20-17(22)21-15-6-3-2-4-7-15/h2-4,6-9,12,19H,5,10-11,18H2,1H3,(H2,20,21,22). The molecule has 2 amide bonds. The number of carbonyl (C=O) groups excluding carboxylic acids is 1. The van der Waals surface area contributed by atoms with Crippen LogP contribution in [0.25, 0.3) is 0 Å². The molecule has 0 saturated heterocycles. The van der Waals surface area contributed by atoms with E-state index in [-0.39, 0.29) is 6.03 Å². The van der Waals surface area contributed by atoms with Crippen LogP contribution in [0.1, 0.15) is 12.0 Å². The number of nitrogen functional groups attached to an aromatic ring is 1. The molecule has 0 atom stereocenters. The number of para-hydroxylation sites is 1. The molecule has 0 aliphatic rings. The van der Waals surface area contributed by atoms with Crippen LogP contribution >= 0.6 is 0 Å². The number of aryl methyl sites for hydroxylation is 1. The van der Waals surface area contributed by atoms with Crippen molar-refractivity contribution in [3.63, 3.8) is 0 Å². The van der Waals surface area contributed by atoms with Crippen LogP contribution in [0.4, 0.5) is 21.9 Å². The number of rotatable bonds is 6. The highest BCUT2D eigenvalue weighted by Crippen LogP contribution is 2.17. The number of hydrogen-bond donors (Lipinski definition) is 4. The first-order valence-electron chi connectivity index (χ1n) is 7.35. The fourth-order valence-corrected chi connectivity index (χ4v) is 2.10. The largest absolute Gasteiger partial charge is 0.399 e. The van der Waals surface area contributed by atoms with Crippen LogP contribution in [0.15, 0.2) is 48.5 Å². The van der Waals surface area contributed by atoms with Gasteiger partial charge in [-0.3, -0.25) is 0 Å². The molecule has 0 aliphatic carbocycles. The molecule has 5 heteroatoms. The quantitative estimate of drug-likeness (QED) is 0.488. The highest BCUT2D eigenvalue weighted by molar-refractivity contribution is 5.89. The molecule has 0 spiro atoms. The predicted molar refractivity (Wildman–Crippen MR) is 92.2 cm³/mol. The smallest absolute Gasteiger partial charge is 0.319 e. The molecule has 2 rings (SSSR count). The van der Waals surface area contributed by atoms with E-state index in [9.17, 15) is 4.79 Å². The lowest BCUT2D eigenvalue weighted by atomic mass is 10.2. The molecule has 0 heterocycles. The molecule has 2 aromatic rings. The van der Waals surface area contributed by atoms with E-state index in [1.807, 2.05) is 55.5 Å². The summed E-state index contributed by atoms with van der Waals surface area (Å²) in [6, 6.07) is 15.0. The Kier molecular flexibility index (Phi) is 5.65. The van der Waals surface area contributed by atoms with Crippen LogP contribution in [0, 0.1) is 6.92 Å². The molecule has 0 fully saturated rings. The molecule has 2 aromatic carbocycles. The van der Waals surface area contributed by atoms with Gasteiger partial charge in [-0.05, 0) is 49.2 Å². The van der Waals surface area contributed by atoms with E-state index in [0.717, 1.165) is 35.6 Å². The third-order valence-corrected chi connectivity index (χ3v) is 3.24. The Hall–Kier alpha value is -2.69. The van der Waals surface area contributed by atoms with Gasteiger partial charge in [-0.15, -0.1) is 0 Å². The highest BCUT2D eigenvalue weighted by atomic mass is 16.2. The molecule has 0 unspecified atom stereocenters. The summed E-state index contributed by atoms with van der Waals surface area (Å²) in [6.07, 6.45) is 0.839. The maximum atomic E-state index is 11.7. The molecular weight excluding hydrogens is 276 g/mol. The summed E-state index contributed by atoms with van der Waals surface area (Å²) in [5, 5.41) is 8.95. The van der Waals surface area contributed by atoms with E-state index in [4.69, 9.17) is 5.73 Å². The lowest BCUT2D eigenvalue weighted by Crippen LogP contribution is -2.30.